The van der Waals surface area contributed by atoms with Crippen molar-refractivity contribution in [3.63, 3.8) is 0 Å². The number of hydrogen-bond acceptors (Lipinski definition) is 4. The molecule has 0 spiro atoms. The Morgan fingerprint density at radius 1 is 1.24 bits per heavy atom. The Bertz CT molecular complexity index is 693. The van der Waals surface area contributed by atoms with Crippen LogP contribution in [0.25, 0.3) is 11.3 Å². The van der Waals surface area contributed by atoms with Crippen LogP contribution in [0.3, 0.4) is 0 Å². The number of aromatic nitrogens is 1. The fourth-order valence-electron chi connectivity index (χ4n) is 3.12. The molecule has 2 N–H and O–H groups in total. The average molecular weight is 380 g/mol. The Morgan fingerprint density at radius 3 is 2.60 bits per heavy atom. The van der Waals surface area contributed by atoms with E-state index in [4.69, 9.17) is 0 Å². The van der Waals surface area contributed by atoms with Gasteiger partial charge in [0.2, 0.25) is 5.91 Å². The number of anilines is 1. The summed E-state index contributed by atoms with van der Waals surface area (Å²) in [5.74, 6) is 0.760. The minimum Gasteiger partial charge on any atom is -0.317 e. The first-order chi connectivity index (χ1) is 11.6. The number of nitrogens with zero attached hydrogens (tertiary/aromatic N) is 1. The Kier molecular flexibility index (Phi) is 7.41. The highest BCUT2D eigenvalue weighted by molar-refractivity contribution is 7.16. The summed E-state index contributed by atoms with van der Waals surface area (Å²) in [5.41, 5.74) is 3.30. The smallest absolute Gasteiger partial charge is 0.226 e. The molecule has 1 aliphatic rings. The van der Waals surface area contributed by atoms with Gasteiger partial charge < -0.3 is 10.6 Å². The van der Waals surface area contributed by atoms with E-state index in [1.54, 1.807) is 11.3 Å². The lowest BCUT2D eigenvalue weighted by Gasteiger charge is -2.21. The summed E-state index contributed by atoms with van der Waals surface area (Å²) in [6, 6.07) is 8.34. The molecule has 1 aromatic heterocycles. The number of aryl methyl sites for hydroxylation is 2. The molecule has 1 amide bonds. The molecule has 1 aliphatic heterocycles. The highest BCUT2D eigenvalue weighted by Crippen LogP contribution is 2.30. The van der Waals surface area contributed by atoms with Crippen molar-refractivity contribution < 1.29 is 4.79 Å². The van der Waals surface area contributed by atoms with Crippen LogP contribution in [-0.4, -0.2) is 24.0 Å². The Hall–Kier alpha value is -1.43. The number of rotatable bonds is 5. The van der Waals surface area contributed by atoms with Crippen molar-refractivity contribution in [3.05, 3.63) is 34.7 Å². The minimum atomic E-state index is 0. The van der Waals surface area contributed by atoms with E-state index in [9.17, 15) is 4.79 Å². The third kappa shape index (κ3) is 5.53. The van der Waals surface area contributed by atoms with E-state index in [1.165, 1.54) is 18.4 Å². The maximum Gasteiger partial charge on any atom is 0.226 e. The van der Waals surface area contributed by atoms with Gasteiger partial charge in [-0.3, -0.25) is 4.79 Å². The van der Waals surface area contributed by atoms with Crippen LogP contribution < -0.4 is 10.6 Å². The first-order valence-electron chi connectivity index (χ1n) is 8.67. The monoisotopic (exact) mass is 379 g/mol. The van der Waals surface area contributed by atoms with Gasteiger partial charge in [-0.2, -0.15) is 0 Å². The van der Waals surface area contributed by atoms with Crippen LogP contribution in [-0.2, 0) is 4.79 Å². The average Bonchev–Trinajstić information content (AvgIpc) is 2.95. The topological polar surface area (TPSA) is 54.0 Å². The summed E-state index contributed by atoms with van der Waals surface area (Å²) < 4.78 is 0. The summed E-state index contributed by atoms with van der Waals surface area (Å²) in [6.07, 6.45) is 3.92. The Balaban J connectivity index is 0.00000225. The number of halogens is 1. The molecule has 6 heteroatoms. The van der Waals surface area contributed by atoms with Crippen LogP contribution in [0.15, 0.2) is 24.3 Å². The van der Waals surface area contributed by atoms with Gasteiger partial charge in [-0.25, -0.2) is 4.98 Å². The summed E-state index contributed by atoms with van der Waals surface area (Å²) >= 11 is 1.55. The number of thiazole rings is 1. The molecule has 25 heavy (non-hydrogen) atoms. The maximum absolute atomic E-state index is 12.2. The lowest BCUT2D eigenvalue weighted by atomic mass is 9.93. The molecule has 0 aliphatic carbocycles. The van der Waals surface area contributed by atoms with Gasteiger partial charge in [0.15, 0.2) is 5.13 Å². The summed E-state index contributed by atoms with van der Waals surface area (Å²) in [7, 11) is 0. The summed E-state index contributed by atoms with van der Waals surface area (Å²) in [6.45, 7) is 6.29. The van der Waals surface area contributed by atoms with Crippen molar-refractivity contribution in [1.82, 2.24) is 10.3 Å². The molecule has 0 unspecified atom stereocenters. The predicted molar refractivity (Wildman–Crippen MR) is 108 cm³/mol. The quantitative estimate of drug-likeness (QED) is 0.800. The standard InChI is InChI=1S/C19H25N3OS.ClH/c1-13-3-6-16(7-4-13)18-14(2)24-19(22-18)21-17(23)8-5-15-9-11-20-12-10-15;/h3-4,6-7,15,20H,5,8-12H2,1-2H3,(H,21,22,23);1H. The van der Waals surface area contributed by atoms with E-state index >= 15 is 0 Å². The number of piperidine rings is 1. The van der Waals surface area contributed by atoms with Gasteiger partial charge in [0.25, 0.3) is 0 Å². The number of carbonyl (C=O) groups is 1. The third-order valence-corrected chi connectivity index (χ3v) is 5.49. The van der Waals surface area contributed by atoms with Crippen molar-refractivity contribution >= 4 is 34.8 Å². The lowest BCUT2D eigenvalue weighted by molar-refractivity contribution is -0.116. The van der Waals surface area contributed by atoms with Gasteiger partial charge in [-0.15, -0.1) is 23.7 Å². The third-order valence-electron chi connectivity index (χ3n) is 4.61. The zero-order valence-electron chi connectivity index (χ0n) is 14.8. The van der Waals surface area contributed by atoms with E-state index in [2.05, 4.69) is 53.7 Å². The van der Waals surface area contributed by atoms with Crippen molar-refractivity contribution in [3.8, 4) is 11.3 Å². The number of hydrogen-bond donors (Lipinski definition) is 2. The molecular weight excluding hydrogens is 354 g/mol. The molecule has 1 aromatic carbocycles. The van der Waals surface area contributed by atoms with Gasteiger partial charge in [0, 0.05) is 16.9 Å². The second kappa shape index (κ2) is 9.32. The molecule has 136 valence electrons. The zero-order valence-corrected chi connectivity index (χ0v) is 16.4. The summed E-state index contributed by atoms with van der Waals surface area (Å²) in [5, 5.41) is 7.04. The molecule has 4 nitrogen and oxygen atoms in total. The first-order valence-corrected chi connectivity index (χ1v) is 9.48. The second-order valence-electron chi connectivity index (χ2n) is 6.57. The van der Waals surface area contributed by atoms with Crippen LogP contribution >= 0.6 is 23.7 Å². The van der Waals surface area contributed by atoms with Crippen molar-refractivity contribution in [2.75, 3.05) is 18.4 Å². The highest BCUT2D eigenvalue weighted by Gasteiger charge is 2.16. The number of amides is 1. The molecule has 2 heterocycles. The highest BCUT2D eigenvalue weighted by atomic mass is 35.5. The molecule has 0 radical (unpaired) electrons. The predicted octanol–water partition coefficient (Wildman–Crippen LogP) is 4.57. The SMILES string of the molecule is Cc1ccc(-c2nc(NC(=O)CCC3CCNCC3)sc2C)cc1.Cl. The molecule has 2 aromatic rings. The van der Waals surface area contributed by atoms with E-state index in [-0.39, 0.29) is 18.3 Å². The molecule has 0 atom stereocenters. The fourth-order valence-corrected chi connectivity index (χ4v) is 3.97. The normalized spacial score (nSPS) is 14.8. The first kappa shape index (κ1) is 19.9. The van der Waals surface area contributed by atoms with Crippen molar-refractivity contribution in [1.29, 1.82) is 0 Å². The van der Waals surface area contributed by atoms with Gasteiger partial charge in [0.1, 0.15) is 0 Å². The molecular formula is C19H26ClN3OS. The van der Waals surface area contributed by atoms with E-state index in [1.807, 2.05) is 0 Å². The number of benzene rings is 1. The van der Waals surface area contributed by atoms with Gasteiger partial charge in [0.05, 0.1) is 5.69 Å². The molecule has 0 bridgehead atoms. The molecule has 1 saturated heterocycles. The summed E-state index contributed by atoms with van der Waals surface area (Å²) in [4.78, 5) is 17.9. The second-order valence-corrected chi connectivity index (χ2v) is 7.77. The van der Waals surface area contributed by atoms with Gasteiger partial charge >= 0.3 is 0 Å². The number of nitrogens with one attached hydrogen (secondary N) is 2. The van der Waals surface area contributed by atoms with E-state index in [0.29, 0.717) is 17.5 Å². The van der Waals surface area contributed by atoms with Crippen molar-refractivity contribution in [2.45, 2.75) is 39.5 Å². The lowest BCUT2D eigenvalue weighted by Crippen LogP contribution is -2.28. The Labute approximate surface area is 159 Å². The van der Waals surface area contributed by atoms with Crippen LogP contribution in [0, 0.1) is 19.8 Å². The zero-order chi connectivity index (χ0) is 16.9. The Morgan fingerprint density at radius 2 is 1.92 bits per heavy atom. The molecule has 1 fully saturated rings. The minimum absolute atomic E-state index is 0. The number of carbonyl (C=O) groups excluding carboxylic acids is 1. The van der Waals surface area contributed by atoms with E-state index in [0.717, 1.165) is 35.6 Å². The van der Waals surface area contributed by atoms with Gasteiger partial charge in [-0.05, 0) is 52.1 Å². The fraction of sp³-hybridized carbons (Fsp3) is 0.474. The molecule has 3 rings (SSSR count). The van der Waals surface area contributed by atoms with Crippen LogP contribution in [0.2, 0.25) is 0 Å². The largest absolute Gasteiger partial charge is 0.317 e. The van der Waals surface area contributed by atoms with Crippen LogP contribution in [0.5, 0.6) is 0 Å². The van der Waals surface area contributed by atoms with Crippen molar-refractivity contribution in [2.24, 2.45) is 5.92 Å². The van der Waals surface area contributed by atoms with Crippen LogP contribution in [0.1, 0.15) is 36.1 Å². The maximum atomic E-state index is 12.2. The van der Waals surface area contributed by atoms with Gasteiger partial charge in [-0.1, -0.05) is 29.8 Å². The van der Waals surface area contributed by atoms with E-state index < -0.39 is 0 Å². The molecule has 0 saturated carbocycles. The van der Waals surface area contributed by atoms with Crippen LogP contribution in [0.4, 0.5) is 5.13 Å².